The van der Waals surface area contributed by atoms with Crippen LogP contribution < -0.4 is 4.90 Å². The van der Waals surface area contributed by atoms with Gasteiger partial charge >= 0.3 is 6.18 Å². The maximum Gasteiger partial charge on any atom is 0.433 e. The summed E-state index contributed by atoms with van der Waals surface area (Å²) in [7, 11) is 3.48. The minimum atomic E-state index is -4.58. The quantitative estimate of drug-likeness (QED) is 0.253. The minimum absolute atomic E-state index is 0.0213. The number of benzene rings is 1. The second-order valence-corrected chi connectivity index (χ2v) is 9.94. The van der Waals surface area contributed by atoms with Crippen LogP contribution in [0.3, 0.4) is 0 Å². The summed E-state index contributed by atoms with van der Waals surface area (Å²) >= 11 is 1.05. The Morgan fingerprint density at radius 3 is 2.47 bits per heavy atom. The predicted octanol–water partition coefficient (Wildman–Crippen LogP) is 6.42. The Balaban J connectivity index is 1.44. The van der Waals surface area contributed by atoms with E-state index in [1.807, 2.05) is 35.2 Å². The van der Waals surface area contributed by atoms with Gasteiger partial charge in [-0.25, -0.2) is 9.97 Å². The van der Waals surface area contributed by atoms with Crippen molar-refractivity contribution in [2.24, 2.45) is 0 Å². The molecule has 0 unspecified atom stereocenters. The minimum Gasteiger partial charge on any atom is -0.455 e. The van der Waals surface area contributed by atoms with Gasteiger partial charge in [-0.15, -0.1) is 0 Å². The van der Waals surface area contributed by atoms with E-state index in [-0.39, 0.29) is 34.4 Å². The van der Waals surface area contributed by atoms with E-state index >= 15 is 0 Å². The first-order valence-electron chi connectivity index (χ1n) is 11.9. The van der Waals surface area contributed by atoms with Crippen molar-refractivity contribution in [1.82, 2.24) is 14.9 Å². The number of nitrogens with zero attached hydrogens (tertiary/aromatic N) is 4. The molecule has 6 nitrogen and oxygen atoms in total. The molecule has 1 aliphatic carbocycles. The van der Waals surface area contributed by atoms with E-state index in [4.69, 9.17) is 4.42 Å². The molecule has 1 saturated carbocycles. The Morgan fingerprint density at radius 1 is 1.06 bits per heavy atom. The van der Waals surface area contributed by atoms with Crippen LogP contribution in [0.1, 0.15) is 59.7 Å². The summed E-state index contributed by atoms with van der Waals surface area (Å²) in [5, 5.41) is 0.0213. The monoisotopic (exact) mass is 518 g/mol. The normalized spacial score (nSPS) is 14.6. The highest BCUT2D eigenvalue weighted by Crippen LogP contribution is 2.34. The van der Waals surface area contributed by atoms with Gasteiger partial charge in [-0.2, -0.15) is 13.2 Å². The molecule has 0 saturated heterocycles. The van der Waals surface area contributed by atoms with Crippen LogP contribution in [0.15, 0.2) is 58.1 Å². The lowest BCUT2D eigenvalue weighted by Crippen LogP contribution is -2.34. The number of furan rings is 1. The standard InChI is InChI=1S/C26H29F3N4O2S/c1-32(16-18-9-5-3-6-10-18)24(34)21-14-13-20(35-21)17-36-25-30-22(26(27,28)29)15-23(31-25)33(2)19-11-7-4-8-12-19/h3,5-6,9-10,13-15,19H,4,7-8,11-12,16-17H2,1-2H3. The van der Waals surface area contributed by atoms with Crippen molar-refractivity contribution in [2.45, 2.75) is 61.8 Å². The van der Waals surface area contributed by atoms with Gasteiger partial charge < -0.3 is 14.2 Å². The SMILES string of the molecule is CN(Cc1ccccc1)C(=O)c1ccc(CSc2nc(N(C)C3CCCCC3)cc(C(F)(F)F)n2)o1. The molecule has 3 aromatic rings. The van der Waals surface area contributed by atoms with Gasteiger partial charge in [-0.3, -0.25) is 4.79 Å². The zero-order valence-electron chi connectivity index (χ0n) is 20.3. The van der Waals surface area contributed by atoms with Crippen LogP contribution >= 0.6 is 11.8 Å². The van der Waals surface area contributed by atoms with Crippen molar-refractivity contribution in [1.29, 1.82) is 0 Å². The van der Waals surface area contributed by atoms with Gasteiger partial charge in [0.05, 0.1) is 5.75 Å². The highest BCUT2D eigenvalue weighted by Gasteiger charge is 2.34. The number of amides is 1. The van der Waals surface area contributed by atoms with Crippen LogP contribution in [-0.2, 0) is 18.5 Å². The van der Waals surface area contributed by atoms with Crippen molar-refractivity contribution >= 4 is 23.5 Å². The van der Waals surface area contributed by atoms with Gasteiger partial charge in [0, 0.05) is 32.7 Å². The first-order valence-corrected chi connectivity index (χ1v) is 12.9. The molecule has 0 spiro atoms. The van der Waals surface area contributed by atoms with Crippen molar-refractivity contribution < 1.29 is 22.4 Å². The third-order valence-corrected chi connectivity index (χ3v) is 7.16. The molecule has 0 bridgehead atoms. The molecule has 2 heterocycles. The second-order valence-electron chi connectivity index (χ2n) is 9.00. The van der Waals surface area contributed by atoms with Crippen molar-refractivity contribution in [3.63, 3.8) is 0 Å². The molecule has 0 radical (unpaired) electrons. The number of halogens is 3. The molecule has 192 valence electrons. The highest BCUT2D eigenvalue weighted by molar-refractivity contribution is 7.98. The largest absolute Gasteiger partial charge is 0.455 e. The molecule has 36 heavy (non-hydrogen) atoms. The summed E-state index contributed by atoms with van der Waals surface area (Å²) in [6.07, 6.45) is 0.576. The maximum atomic E-state index is 13.6. The molecule has 0 N–H and O–H groups in total. The van der Waals surface area contributed by atoms with Crippen LogP contribution in [-0.4, -0.2) is 40.9 Å². The van der Waals surface area contributed by atoms with Gasteiger partial charge in [0.15, 0.2) is 16.6 Å². The summed E-state index contributed by atoms with van der Waals surface area (Å²) in [5.41, 5.74) is 0.0295. The van der Waals surface area contributed by atoms with Gasteiger partial charge in [0.25, 0.3) is 5.91 Å². The Bertz CT molecular complexity index is 1160. The molecule has 10 heteroatoms. The highest BCUT2D eigenvalue weighted by atomic mass is 32.2. The summed E-state index contributed by atoms with van der Waals surface area (Å²) in [4.78, 5) is 24.3. The Morgan fingerprint density at radius 2 is 1.78 bits per heavy atom. The molecule has 0 atom stereocenters. The van der Waals surface area contributed by atoms with Gasteiger partial charge in [-0.05, 0) is 30.5 Å². The van der Waals surface area contributed by atoms with Crippen LogP contribution in [0.2, 0.25) is 0 Å². The number of carbonyl (C=O) groups excluding carboxylic acids is 1. The lowest BCUT2D eigenvalue weighted by Gasteiger charge is -2.32. The van der Waals surface area contributed by atoms with Gasteiger partial charge in [0.1, 0.15) is 11.6 Å². The number of aromatic nitrogens is 2. The fraction of sp³-hybridized carbons (Fsp3) is 0.423. The maximum absolute atomic E-state index is 13.6. The number of carbonyl (C=O) groups is 1. The van der Waals surface area contributed by atoms with Crippen LogP contribution in [0.4, 0.5) is 19.0 Å². The summed E-state index contributed by atoms with van der Waals surface area (Å²) in [6, 6.07) is 14.0. The zero-order valence-corrected chi connectivity index (χ0v) is 21.1. The first kappa shape index (κ1) is 26.1. The van der Waals surface area contributed by atoms with E-state index in [9.17, 15) is 18.0 Å². The molecule has 1 fully saturated rings. The molecule has 1 amide bonds. The average Bonchev–Trinajstić information content (AvgIpc) is 3.36. The number of alkyl halides is 3. The fourth-order valence-electron chi connectivity index (χ4n) is 4.28. The van der Waals surface area contributed by atoms with Crippen molar-refractivity contribution in [2.75, 3.05) is 19.0 Å². The Kier molecular flexibility index (Phi) is 8.23. The number of hydrogen-bond acceptors (Lipinski definition) is 6. The summed E-state index contributed by atoms with van der Waals surface area (Å²) in [6.45, 7) is 0.430. The summed E-state index contributed by atoms with van der Waals surface area (Å²) < 4.78 is 46.4. The first-order chi connectivity index (χ1) is 17.2. The molecular formula is C26H29F3N4O2S. The third-order valence-electron chi connectivity index (χ3n) is 6.29. The van der Waals surface area contributed by atoms with Gasteiger partial charge in [0.2, 0.25) is 0 Å². The van der Waals surface area contributed by atoms with Crippen LogP contribution in [0.25, 0.3) is 0 Å². The number of anilines is 1. The third kappa shape index (κ3) is 6.60. The molecular weight excluding hydrogens is 489 g/mol. The Labute approximate surface area is 212 Å². The fourth-order valence-corrected chi connectivity index (χ4v) is 5.03. The zero-order chi connectivity index (χ0) is 25.7. The average molecular weight is 519 g/mol. The predicted molar refractivity (Wildman–Crippen MR) is 133 cm³/mol. The second kappa shape index (κ2) is 11.4. The smallest absolute Gasteiger partial charge is 0.433 e. The van der Waals surface area contributed by atoms with E-state index in [0.29, 0.717) is 12.3 Å². The van der Waals surface area contributed by atoms with Gasteiger partial charge in [-0.1, -0.05) is 61.4 Å². The molecule has 0 aliphatic heterocycles. The topological polar surface area (TPSA) is 62.5 Å². The lowest BCUT2D eigenvalue weighted by molar-refractivity contribution is -0.141. The van der Waals surface area contributed by atoms with E-state index in [1.165, 1.54) is 0 Å². The van der Waals surface area contributed by atoms with Crippen LogP contribution in [0.5, 0.6) is 0 Å². The van der Waals surface area contributed by atoms with Crippen molar-refractivity contribution in [3.8, 4) is 0 Å². The number of rotatable bonds is 8. The number of thioether (sulfide) groups is 1. The van der Waals surface area contributed by atoms with E-state index < -0.39 is 11.9 Å². The van der Waals surface area contributed by atoms with E-state index in [0.717, 1.165) is 55.5 Å². The van der Waals surface area contributed by atoms with E-state index in [1.54, 1.807) is 31.1 Å². The molecule has 1 aliphatic rings. The molecule has 4 rings (SSSR count). The molecule has 2 aromatic heterocycles. The van der Waals surface area contributed by atoms with Crippen LogP contribution in [0, 0.1) is 0 Å². The summed E-state index contributed by atoms with van der Waals surface area (Å²) in [5.74, 6) is 0.821. The lowest BCUT2D eigenvalue weighted by atomic mass is 9.94. The Hall–Kier alpha value is -3.01. The number of hydrogen-bond donors (Lipinski definition) is 0. The van der Waals surface area contributed by atoms with Crippen molar-refractivity contribution in [3.05, 3.63) is 71.3 Å². The van der Waals surface area contributed by atoms with E-state index in [2.05, 4.69) is 9.97 Å². The molecule has 1 aromatic carbocycles.